The Kier molecular flexibility index (Phi) is 6.77. The molecule has 9 heteroatoms. The molecule has 138 valence electrons. The van der Waals surface area contributed by atoms with Gasteiger partial charge in [-0.25, -0.2) is 13.2 Å². The molecule has 0 saturated carbocycles. The van der Waals surface area contributed by atoms with Crippen LogP contribution in [0.2, 0.25) is 0 Å². The molecule has 2 rings (SSSR count). The topological polar surface area (TPSA) is 98.8 Å². The molecular formula is C16H24N4O4S. The number of hydrogen-bond acceptors (Lipinski definition) is 4. The Morgan fingerprint density at radius 3 is 2.52 bits per heavy atom. The van der Waals surface area contributed by atoms with Gasteiger partial charge in [-0.05, 0) is 18.6 Å². The smallest absolute Gasteiger partial charge is 0.317 e. The van der Waals surface area contributed by atoms with E-state index < -0.39 is 10.0 Å². The molecule has 1 fully saturated rings. The van der Waals surface area contributed by atoms with Crippen molar-refractivity contribution in [1.82, 2.24) is 19.8 Å². The van der Waals surface area contributed by atoms with Gasteiger partial charge in [0.05, 0.1) is 4.90 Å². The summed E-state index contributed by atoms with van der Waals surface area (Å²) in [6, 6.07) is 7.92. The zero-order valence-electron chi connectivity index (χ0n) is 14.3. The van der Waals surface area contributed by atoms with Crippen molar-refractivity contribution in [2.24, 2.45) is 0 Å². The highest BCUT2D eigenvalue weighted by Gasteiger charge is 2.25. The van der Waals surface area contributed by atoms with Crippen molar-refractivity contribution in [3.8, 4) is 0 Å². The first-order valence-electron chi connectivity index (χ1n) is 8.23. The molecule has 1 saturated heterocycles. The van der Waals surface area contributed by atoms with Gasteiger partial charge in [0.25, 0.3) is 0 Å². The van der Waals surface area contributed by atoms with E-state index in [1.54, 1.807) is 23.1 Å². The van der Waals surface area contributed by atoms with Gasteiger partial charge in [-0.3, -0.25) is 4.79 Å². The fourth-order valence-electron chi connectivity index (χ4n) is 2.65. The van der Waals surface area contributed by atoms with Crippen molar-refractivity contribution in [2.45, 2.75) is 17.7 Å². The third-order valence-corrected chi connectivity index (χ3v) is 5.92. The number of hydrogen-bond donors (Lipinski definition) is 2. The van der Waals surface area contributed by atoms with Gasteiger partial charge in [0, 0.05) is 46.2 Å². The lowest BCUT2D eigenvalue weighted by molar-refractivity contribution is -0.121. The van der Waals surface area contributed by atoms with Gasteiger partial charge in [-0.15, -0.1) is 0 Å². The zero-order valence-corrected chi connectivity index (χ0v) is 15.1. The summed E-state index contributed by atoms with van der Waals surface area (Å²) in [4.78, 5) is 25.6. The lowest BCUT2D eigenvalue weighted by atomic mass is 10.3. The molecule has 25 heavy (non-hydrogen) atoms. The van der Waals surface area contributed by atoms with E-state index in [1.807, 2.05) is 0 Å². The fraction of sp³-hybridized carbons (Fsp3) is 0.500. The Bertz CT molecular complexity index is 693. The summed E-state index contributed by atoms with van der Waals surface area (Å²) in [5, 5.41) is 5.27. The molecule has 0 aromatic heterocycles. The average Bonchev–Trinajstić information content (AvgIpc) is 2.66. The van der Waals surface area contributed by atoms with E-state index in [0.717, 1.165) is 0 Å². The second-order valence-corrected chi connectivity index (χ2v) is 7.65. The number of urea groups is 1. The third-order valence-electron chi connectivity index (χ3n) is 4.01. The predicted molar refractivity (Wildman–Crippen MR) is 93.5 cm³/mol. The second kappa shape index (κ2) is 8.82. The van der Waals surface area contributed by atoms with Crippen LogP contribution in [0.3, 0.4) is 0 Å². The van der Waals surface area contributed by atoms with Crippen LogP contribution in [0.4, 0.5) is 4.79 Å². The number of rotatable bonds is 2. The van der Waals surface area contributed by atoms with Crippen molar-refractivity contribution in [3.63, 3.8) is 0 Å². The molecule has 1 aromatic rings. The van der Waals surface area contributed by atoms with Crippen molar-refractivity contribution in [2.75, 3.05) is 39.8 Å². The molecule has 0 bridgehead atoms. The number of carbonyl (C=O) groups excluding carboxylic acids is 2. The first kappa shape index (κ1) is 19.2. The zero-order chi connectivity index (χ0) is 18.3. The van der Waals surface area contributed by atoms with E-state index in [-0.39, 0.29) is 36.3 Å². The standard InChI is InChI=1S/C16H24N4O4S/c1-17-16(22)19-10-5-11-20(12-8-15(21)18-9-13-19)25(23,24)14-6-3-2-4-7-14/h2-4,6-7H,5,8-13H2,1H3,(H,17,22)(H,18,21). The Morgan fingerprint density at radius 2 is 1.84 bits per heavy atom. The van der Waals surface area contributed by atoms with Crippen molar-refractivity contribution < 1.29 is 18.0 Å². The highest BCUT2D eigenvalue weighted by Crippen LogP contribution is 2.16. The summed E-state index contributed by atoms with van der Waals surface area (Å²) in [7, 11) is -2.13. The molecule has 0 unspecified atom stereocenters. The second-order valence-electron chi connectivity index (χ2n) is 5.71. The highest BCUT2D eigenvalue weighted by atomic mass is 32.2. The van der Waals surface area contributed by atoms with Gasteiger partial charge in [-0.1, -0.05) is 18.2 Å². The number of nitrogens with one attached hydrogen (secondary N) is 2. The first-order chi connectivity index (χ1) is 11.9. The van der Waals surface area contributed by atoms with Crippen LogP contribution in [0.25, 0.3) is 0 Å². The Labute approximate surface area is 148 Å². The average molecular weight is 368 g/mol. The van der Waals surface area contributed by atoms with E-state index in [0.29, 0.717) is 26.1 Å². The van der Waals surface area contributed by atoms with Gasteiger partial charge >= 0.3 is 6.03 Å². The van der Waals surface area contributed by atoms with Gasteiger partial charge in [0.15, 0.2) is 0 Å². The van der Waals surface area contributed by atoms with Crippen LogP contribution in [0.15, 0.2) is 35.2 Å². The summed E-state index contributed by atoms with van der Waals surface area (Å²) in [6.45, 7) is 1.51. The summed E-state index contributed by atoms with van der Waals surface area (Å²) >= 11 is 0. The van der Waals surface area contributed by atoms with Crippen molar-refractivity contribution >= 4 is 22.0 Å². The maximum absolute atomic E-state index is 12.8. The molecule has 8 nitrogen and oxygen atoms in total. The number of sulfonamides is 1. The number of carbonyl (C=O) groups is 2. The van der Waals surface area contributed by atoms with Crippen molar-refractivity contribution in [3.05, 3.63) is 30.3 Å². The monoisotopic (exact) mass is 368 g/mol. The lowest BCUT2D eigenvalue weighted by Gasteiger charge is -2.24. The van der Waals surface area contributed by atoms with Crippen LogP contribution >= 0.6 is 0 Å². The molecule has 3 amide bonds. The predicted octanol–water partition coefficient (Wildman–Crippen LogP) is 0.229. The Hall–Kier alpha value is -2.13. The fourth-order valence-corrected chi connectivity index (χ4v) is 4.15. The molecule has 1 aliphatic heterocycles. The number of benzene rings is 1. The molecular weight excluding hydrogens is 344 g/mol. The third kappa shape index (κ3) is 5.17. The van der Waals surface area contributed by atoms with E-state index >= 15 is 0 Å². The molecule has 2 N–H and O–H groups in total. The van der Waals surface area contributed by atoms with E-state index in [1.165, 1.54) is 23.5 Å². The van der Waals surface area contributed by atoms with Crippen LogP contribution < -0.4 is 10.6 Å². The number of nitrogens with zero attached hydrogens (tertiary/aromatic N) is 2. The van der Waals surface area contributed by atoms with Gasteiger partial charge < -0.3 is 15.5 Å². The van der Waals surface area contributed by atoms with Crippen LogP contribution in [0, 0.1) is 0 Å². The highest BCUT2D eigenvalue weighted by molar-refractivity contribution is 7.89. The van der Waals surface area contributed by atoms with Gasteiger partial charge in [0.1, 0.15) is 0 Å². The maximum Gasteiger partial charge on any atom is 0.317 e. The van der Waals surface area contributed by atoms with Crippen molar-refractivity contribution in [1.29, 1.82) is 0 Å². The van der Waals surface area contributed by atoms with Crippen LogP contribution in [0.5, 0.6) is 0 Å². The molecule has 1 aromatic carbocycles. The molecule has 0 spiro atoms. The molecule has 0 aliphatic carbocycles. The van der Waals surface area contributed by atoms with Crippen LogP contribution in [-0.4, -0.2) is 69.3 Å². The minimum absolute atomic E-state index is 0.0893. The van der Waals surface area contributed by atoms with Gasteiger partial charge in [0.2, 0.25) is 15.9 Å². The maximum atomic E-state index is 12.8. The number of amides is 3. The summed E-state index contributed by atoms with van der Waals surface area (Å²) in [6.07, 6.45) is 0.583. The SMILES string of the molecule is CNC(=O)N1CCCN(S(=O)(=O)c2ccccc2)CCC(=O)NCC1. The Morgan fingerprint density at radius 1 is 1.12 bits per heavy atom. The molecule has 0 radical (unpaired) electrons. The quantitative estimate of drug-likeness (QED) is 0.781. The largest absolute Gasteiger partial charge is 0.354 e. The van der Waals surface area contributed by atoms with E-state index in [4.69, 9.17) is 0 Å². The Balaban J connectivity index is 2.17. The summed E-state index contributed by atoms with van der Waals surface area (Å²) in [5.74, 6) is -0.230. The minimum atomic E-state index is -3.67. The summed E-state index contributed by atoms with van der Waals surface area (Å²) < 4.78 is 26.9. The summed E-state index contributed by atoms with van der Waals surface area (Å²) in [5.41, 5.74) is 0. The van der Waals surface area contributed by atoms with E-state index in [9.17, 15) is 18.0 Å². The normalized spacial score (nSPS) is 18.1. The minimum Gasteiger partial charge on any atom is -0.354 e. The molecule has 1 aliphatic rings. The molecule has 1 heterocycles. The van der Waals surface area contributed by atoms with Gasteiger partial charge in [-0.2, -0.15) is 4.31 Å². The lowest BCUT2D eigenvalue weighted by Crippen LogP contribution is -2.43. The first-order valence-corrected chi connectivity index (χ1v) is 9.67. The van der Waals surface area contributed by atoms with Crippen LogP contribution in [-0.2, 0) is 14.8 Å². The van der Waals surface area contributed by atoms with E-state index in [2.05, 4.69) is 10.6 Å². The van der Waals surface area contributed by atoms with Crippen LogP contribution in [0.1, 0.15) is 12.8 Å². The molecule has 0 atom stereocenters.